The number of aliphatic carboxylic acids is 1. The van der Waals surface area contributed by atoms with Gasteiger partial charge in [0.15, 0.2) is 11.6 Å². The van der Waals surface area contributed by atoms with Crippen LogP contribution in [0.2, 0.25) is 0 Å². The number of nitrogens with zero attached hydrogens (tertiary/aromatic N) is 9. The number of cyclic esters (lactones) is 4. The van der Waals surface area contributed by atoms with Gasteiger partial charge in [-0.3, -0.25) is 123 Å². The third-order valence-corrected chi connectivity index (χ3v) is 19.4. The van der Waals surface area contributed by atoms with E-state index in [0.29, 0.717) is 88.9 Å². The molecule has 0 spiro atoms. The standard InChI is InChI=1S/C17H19NO7.C15H17N3O4.C12H12N2O4.C12H15NO4.C11H13NO4.C7H6BrNO2.C6H8O4.C4H9NO2.C4H8O2/c1-10-7-8-12(18(22)23)9-11(10)5-4-6-13(19)14-15(20)24-17(2,3)25-16(14)21;1-10-4-5-11(18(21)22)8-13(10)17-7-6-14(19)12(15(17)20)9-16(2)3;1-8-2-3-9(14(17)18)6-11(8)13-5-4-10(15)7-12(13)16;1-9-6-7-11(13(15)16)8-10(9)4-3-5-12(14)17-2;1-8-5-6-10(12(15)16)7-9(8)3-2-4-11(13)14;1-5-2-3-6(9(10)11)4-7(5)8;1-6(2)9-4(7)3-5(8)10-6;1-7-4(6)2-3-5;1-3-6-4(2)5/h7-9,14H,4-6H2,1-3H3;4-5,8-9H,6-7H2,1-3H3;2-3,6H,4-5,7H2,1H3;6-8H,3-5H2,1-2H3;5-7H,2-4H2,1H3,(H,13,14);2-4H,1H3;3H2,1-2H3;2-3,5H2,1H3;3H2,1-2H3/b;12-9+;;;;;;;. The molecule has 0 aliphatic carbocycles. The highest BCUT2D eigenvalue weighted by atomic mass is 79.9. The Morgan fingerprint density at radius 2 is 0.864 bits per heavy atom. The highest BCUT2D eigenvalue weighted by molar-refractivity contribution is 9.10. The van der Waals surface area contributed by atoms with Gasteiger partial charge in [-0.2, -0.15) is 0 Å². The molecule has 0 saturated carbocycles. The number of carboxylic acids is 1. The molecule has 0 atom stereocenters. The minimum atomic E-state index is -1.56. The first kappa shape index (κ1) is 113. The minimum absolute atomic E-state index is 0.0198. The number of carboxylic acid groups (broad SMARTS) is 1. The van der Waals surface area contributed by atoms with E-state index in [1.807, 2.05) is 27.7 Å². The smallest absolute Gasteiger partial charge is 0.331 e. The fourth-order valence-electron chi connectivity index (χ4n) is 11.8. The van der Waals surface area contributed by atoms with E-state index >= 15 is 0 Å². The summed E-state index contributed by atoms with van der Waals surface area (Å²) in [6.07, 6.45) is 5.39. The number of nitrogens with two attached hydrogens (primary N) is 1. The van der Waals surface area contributed by atoms with Gasteiger partial charge in [-0.1, -0.05) is 52.3 Å². The number of nitro benzene ring substituents is 6. The SMILES string of the molecule is CC1(C)OC(=O)CC(=O)O1.CCOC(C)=O.COC(=O)CCCc1cc([N+](=O)[O-])ccc1C.COC(=O)CCN.Cc1ccc([N+](=O)[O-])cc1Br.Cc1ccc([N+](=O)[O-])cc1CCCC(=O)C1C(=O)OC(C)(C)OC1=O.Cc1ccc([N+](=O)[O-])cc1CCCC(=O)O.Cc1ccc([N+](=O)[O-])cc1N1CCC(=O)/C(=C\N(C)C)C1=O.Cc1ccc([N+](=O)[O-])cc1N1CCC(=O)CC1=O. The van der Waals surface area contributed by atoms with Crippen molar-refractivity contribution in [1.82, 2.24) is 4.90 Å². The van der Waals surface area contributed by atoms with Gasteiger partial charge in [-0.25, -0.2) is 0 Å². The van der Waals surface area contributed by atoms with E-state index in [1.54, 1.807) is 82.2 Å². The first-order valence-corrected chi connectivity index (χ1v) is 41.2. The third-order valence-electron chi connectivity index (χ3n) is 18.6. The molecule has 714 valence electrons. The predicted octanol–water partition coefficient (Wildman–Crippen LogP) is 13.2. The van der Waals surface area contributed by atoms with Crippen molar-refractivity contribution in [2.24, 2.45) is 11.7 Å². The van der Waals surface area contributed by atoms with Crippen LogP contribution in [0.15, 0.2) is 125 Å². The van der Waals surface area contributed by atoms with Gasteiger partial charge in [-0.05, 0) is 137 Å². The van der Waals surface area contributed by atoms with Gasteiger partial charge in [0, 0.05) is 184 Å². The fraction of sp³-hybridized carbons (Fsp3) is 0.420. The summed E-state index contributed by atoms with van der Waals surface area (Å²) >= 11 is 3.21. The van der Waals surface area contributed by atoms with Crippen LogP contribution in [0.4, 0.5) is 45.5 Å². The summed E-state index contributed by atoms with van der Waals surface area (Å²) in [7, 11) is 6.15. The Morgan fingerprint density at radius 1 is 0.508 bits per heavy atom. The quantitative estimate of drug-likeness (QED) is 0.0102. The largest absolute Gasteiger partial charge is 0.481 e. The van der Waals surface area contributed by atoms with Crippen LogP contribution in [0.25, 0.3) is 0 Å². The average molecular weight is 1910 g/mol. The number of hydrogen-bond donors (Lipinski definition) is 2. The molecule has 6 aromatic rings. The van der Waals surface area contributed by atoms with Crippen LogP contribution in [-0.4, -0.2) is 183 Å². The number of anilines is 2. The Labute approximate surface area is 766 Å². The maximum absolute atomic E-state index is 12.5. The predicted molar refractivity (Wildman–Crippen MR) is 477 cm³/mol. The van der Waals surface area contributed by atoms with E-state index in [4.69, 9.17) is 20.3 Å². The molecule has 4 aliphatic rings. The number of benzene rings is 6. The number of carbonyl (C=O) groups is 13. The number of hydrogen-bond acceptors (Lipinski definition) is 34. The molecule has 0 radical (unpaired) electrons. The van der Waals surface area contributed by atoms with Crippen LogP contribution in [0, 0.1) is 108 Å². The molecule has 43 nitrogen and oxygen atoms in total. The number of ketones is 3. The van der Waals surface area contributed by atoms with Crippen LogP contribution >= 0.6 is 15.9 Å². The fourth-order valence-corrected chi connectivity index (χ4v) is 12.2. The Morgan fingerprint density at radius 3 is 1.20 bits per heavy atom. The molecule has 132 heavy (non-hydrogen) atoms. The van der Waals surface area contributed by atoms with Gasteiger partial charge in [0.2, 0.25) is 11.8 Å². The highest BCUT2D eigenvalue weighted by Gasteiger charge is 2.47. The molecule has 0 unspecified atom stereocenters. The molecule has 0 aromatic heterocycles. The van der Waals surface area contributed by atoms with E-state index in [2.05, 4.69) is 39.6 Å². The van der Waals surface area contributed by atoms with Crippen LogP contribution in [-0.2, 0) is 115 Å². The van der Waals surface area contributed by atoms with Crippen LogP contribution < -0.4 is 15.5 Å². The number of esters is 7. The molecule has 10 rings (SSSR count). The third kappa shape index (κ3) is 40.4. The summed E-state index contributed by atoms with van der Waals surface area (Å²) in [6, 6.07) is 27.4. The van der Waals surface area contributed by atoms with Gasteiger partial charge >= 0.3 is 47.8 Å². The molecule has 4 saturated heterocycles. The molecule has 6 aromatic carbocycles. The zero-order valence-electron chi connectivity index (χ0n) is 75.8. The normalized spacial score (nSPS) is 14.1. The summed E-state index contributed by atoms with van der Waals surface area (Å²) in [5.74, 6) is -10.0. The van der Waals surface area contributed by atoms with Crippen LogP contribution in [0.3, 0.4) is 0 Å². The monoisotopic (exact) mass is 1910 g/mol. The summed E-state index contributed by atoms with van der Waals surface area (Å²) < 4.78 is 33.2. The molecule has 2 amide bonds. The molecule has 4 aliphatic heterocycles. The van der Waals surface area contributed by atoms with Crippen molar-refractivity contribution >= 4 is 138 Å². The van der Waals surface area contributed by atoms with Gasteiger partial charge in [0.1, 0.15) is 12.2 Å². The van der Waals surface area contributed by atoms with Crippen molar-refractivity contribution in [1.29, 1.82) is 0 Å². The highest BCUT2D eigenvalue weighted by Crippen LogP contribution is 2.33. The molecule has 0 bridgehead atoms. The number of carbonyl (C=O) groups excluding carboxylic acids is 12. The van der Waals surface area contributed by atoms with Crippen molar-refractivity contribution in [3.8, 4) is 0 Å². The number of aryl methyl sites for hydroxylation is 9. The van der Waals surface area contributed by atoms with Gasteiger partial charge < -0.3 is 58.7 Å². The van der Waals surface area contributed by atoms with Crippen molar-refractivity contribution in [3.05, 3.63) is 236 Å². The number of amides is 2. The Kier molecular flexibility index (Phi) is 47.6. The summed E-state index contributed by atoms with van der Waals surface area (Å²) in [4.78, 5) is 211. The number of nitro groups is 6. The van der Waals surface area contributed by atoms with E-state index in [-0.39, 0.29) is 114 Å². The molecular formula is C88H107BrN10O33. The second-order valence-electron chi connectivity index (χ2n) is 30.1. The maximum Gasteiger partial charge on any atom is 0.331 e. The molecule has 44 heteroatoms. The topological polar surface area (TPSA) is 601 Å². The zero-order chi connectivity index (χ0) is 100. The lowest BCUT2D eigenvalue weighted by Crippen LogP contribution is -2.49. The van der Waals surface area contributed by atoms with E-state index in [1.165, 1.54) is 132 Å². The number of ether oxygens (including phenoxy) is 7. The molecule has 4 fully saturated rings. The molecule has 3 N–H and O–H groups in total. The van der Waals surface area contributed by atoms with Gasteiger partial charge in [0.25, 0.3) is 51.6 Å². The summed E-state index contributed by atoms with van der Waals surface area (Å²) in [5.41, 5.74) is 14.0. The van der Waals surface area contributed by atoms with Crippen molar-refractivity contribution in [2.75, 3.05) is 64.4 Å². The number of non-ortho nitro benzene ring substituents is 6. The average Bonchev–Trinajstić information content (AvgIpc) is 0.795. The van der Waals surface area contributed by atoms with Crippen LogP contribution in [0.5, 0.6) is 0 Å². The lowest BCUT2D eigenvalue weighted by Gasteiger charge is -2.32. The van der Waals surface area contributed by atoms with Crippen LogP contribution in [0.1, 0.15) is 162 Å². The van der Waals surface area contributed by atoms with Gasteiger partial charge in [-0.15, -0.1) is 0 Å². The number of halogens is 1. The zero-order valence-corrected chi connectivity index (χ0v) is 77.4. The molecule has 4 heterocycles. The van der Waals surface area contributed by atoms with Crippen molar-refractivity contribution < 1.29 is 130 Å². The first-order chi connectivity index (χ1) is 61.6. The Hall–Kier alpha value is -14.6. The van der Waals surface area contributed by atoms with Crippen molar-refractivity contribution in [3.63, 3.8) is 0 Å². The number of piperidine rings is 2. The molecular weight excluding hydrogens is 1800 g/mol. The van der Waals surface area contributed by atoms with E-state index < -0.39 is 88.6 Å². The summed E-state index contributed by atoms with van der Waals surface area (Å²) in [5, 5.41) is 72.4. The van der Waals surface area contributed by atoms with E-state index in [9.17, 15) is 123 Å². The minimum Gasteiger partial charge on any atom is -0.481 e. The first-order valence-electron chi connectivity index (χ1n) is 40.4. The second-order valence-corrected chi connectivity index (χ2v) is 31.0. The lowest BCUT2D eigenvalue weighted by molar-refractivity contribution is -0.385. The number of rotatable bonds is 25. The van der Waals surface area contributed by atoms with Gasteiger partial charge in [0.05, 0.1) is 80.2 Å². The maximum atomic E-state index is 12.5. The second kappa shape index (κ2) is 55.3. The van der Waals surface area contributed by atoms with Crippen molar-refractivity contribution in [2.45, 2.75) is 185 Å². The summed E-state index contributed by atoms with van der Waals surface area (Å²) in [6.45, 7) is 21.4. The lowest BCUT2D eigenvalue weighted by atomic mass is 9.96. The number of methoxy groups -OCH3 is 2. The Bertz CT molecular complexity index is 5240. The number of Topliss-reactive ketones (excluding diaryl/α,β-unsaturated/α-hetero) is 3. The Balaban J connectivity index is 0.000000517. The van der Waals surface area contributed by atoms with E-state index in [0.717, 1.165) is 54.5 Å².